The molecule has 11 heteroatoms. The maximum absolute atomic E-state index is 13.1. The number of carbonyl (C=O) groups excluding carboxylic acids is 1. The molecule has 1 heterocycles. The number of benzene rings is 2. The summed E-state index contributed by atoms with van der Waals surface area (Å²) in [5.74, 6) is 0.314. The number of hydrogen-bond donors (Lipinski definition) is 1. The Bertz CT molecular complexity index is 1090. The highest BCUT2D eigenvalue weighted by molar-refractivity contribution is 7.90. The first kappa shape index (κ1) is 21.5. The first-order valence-corrected chi connectivity index (χ1v) is 10.4. The van der Waals surface area contributed by atoms with Gasteiger partial charge in [-0.25, -0.2) is 17.5 Å². The van der Waals surface area contributed by atoms with Gasteiger partial charge >= 0.3 is 6.03 Å². The molecule has 0 aliphatic carbocycles. The lowest BCUT2D eigenvalue weighted by Gasteiger charge is -2.34. The third-order valence-electron chi connectivity index (χ3n) is 4.43. The van der Waals surface area contributed by atoms with Crippen LogP contribution in [0.25, 0.3) is 0 Å². The monoisotopic (exact) mass is 435 g/mol. The Kier molecular flexibility index (Phi) is 5.44. The van der Waals surface area contributed by atoms with E-state index in [1.165, 1.54) is 54.4 Å². The minimum atomic E-state index is -4.15. The smallest absolute Gasteiger partial charge is 0.338 e. The van der Waals surface area contributed by atoms with E-state index in [2.05, 4.69) is 0 Å². The van der Waals surface area contributed by atoms with Crippen molar-refractivity contribution in [2.75, 3.05) is 18.6 Å². The molecule has 3 rings (SSSR count). The molecule has 2 amide bonds. The van der Waals surface area contributed by atoms with Gasteiger partial charge in [-0.3, -0.25) is 15.0 Å². The predicted molar refractivity (Wildman–Crippen MR) is 108 cm³/mol. The second-order valence-corrected chi connectivity index (χ2v) is 9.34. The molecule has 0 radical (unpaired) electrons. The minimum Gasteiger partial charge on any atom is -0.491 e. The molecule has 0 saturated carbocycles. The molecule has 0 saturated heterocycles. The molecule has 1 aliphatic rings. The molecule has 160 valence electrons. The number of fused-ring (bicyclic) bond motifs is 1. The van der Waals surface area contributed by atoms with E-state index in [-0.39, 0.29) is 29.4 Å². The van der Waals surface area contributed by atoms with Crippen LogP contribution < -0.4 is 9.64 Å². The molecule has 0 atom stereocenters. The lowest BCUT2D eigenvalue weighted by Crippen LogP contribution is -2.48. The number of amides is 2. The topological polar surface area (TPSA) is 130 Å². The fraction of sp³-hybridized carbons (Fsp3) is 0.316. The molecular formula is C19H21N3O7S. The van der Waals surface area contributed by atoms with Crippen LogP contribution in [0.2, 0.25) is 0 Å². The second kappa shape index (κ2) is 7.58. The van der Waals surface area contributed by atoms with Crippen molar-refractivity contribution in [3.8, 4) is 5.75 Å². The molecule has 1 aliphatic heterocycles. The van der Waals surface area contributed by atoms with E-state index in [9.17, 15) is 28.4 Å². The van der Waals surface area contributed by atoms with Crippen molar-refractivity contribution in [1.29, 1.82) is 0 Å². The van der Waals surface area contributed by atoms with Gasteiger partial charge in [0.15, 0.2) is 0 Å². The van der Waals surface area contributed by atoms with Crippen LogP contribution in [0, 0.1) is 10.1 Å². The van der Waals surface area contributed by atoms with Crippen molar-refractivity contribution in [3.63, 3.8) is 0 Å². The number of non-ortho nitro benzene ring substituents is 1. The van der Waals surface area contributed by atoms with Gasteiger partial charge in [0.05, 0.1) is 22.8 Å². The molecule has 1 N–H and O–H groups in total. The van der Waals surface area contributed by atoms with E-state index in [0.29, 0.717) is 15.6 Å². The van der Waals surface area contributed by atoms with Crippen LogP contribution in [0.3, 0.4) is 0 Å². The lowest BCUT2D eigenvalue weighted by molar-refractivity contribution is -0.384. The Morgan fingerprint density at radius 1 is 1.17 bits per heavy atom. The quantitative estimate of drug-likeness (QED) is 0.545. The maximum Gasteiger partial charge on any atom is 0.338 e. The number of hydrogen-bond acceptors (Lipinski definition) is 7. The molecule has 2 aromatic rings. The van der Waals surface area contributed by atoms with Gasteiger partial charge in [-0.2, -0.15) is 0 Å². The molecular weight excluding hydrogens is 414 g/mol. The van der Waals surface area contributed by atoms with Crippen molar-refractivity contribution in [3.05, 3.63) is 58.1 Å². The lowest BCUT2D eigenvalue weighted by atomic mass is 10.2. The second-order valence-electron chi connectivity index (χ2n) is 7.51. The number of aliphatic hydroxyl groups is 1. The third kappa shape index (κ3) is 4.21. The highest BCUT2D eigenvalue weighted by atomic mass is 32.2. The van der Waals surface area contributed by atoms with E-state index in [1.54, 1.807) is 13.8 Å². The zero-order chi connectivity index (χ0) is 22.3. The number of nitro benzene ring substituents is 1. The van der Waals surface area contributed by atoms with Gasteiger partial charge in [-0.05, 0) is 31.5 Å². The maximum atomic E-state index is 13.1. The standard InChI is InChI=1S/C19H21N3O7S/c1-19(2,24)12-29-15-8-9-17-16(10-15)20(3)18(23)21(30(17,27)28)11-13-4-6-14(7-5-13)22(25)26/h4-10,24H,11-12H2,1-3H3. The van der Waals surface area contributed by atoms with Crippen LogP contribution in [0.15, 0.2) is 47.4 Å². The van der Waals surface area contributed by atoms with Gasteiger partial charge in [0.25, 0.3) is 15.7 Å². The summed E-state index contributed by atoms with van der Waals surface area (Å²) in [5, 5.41) is 20.6. The summed E-state index contributed by atoms with van der Waals surface area (Å²) in [4.78, 5) is 24.1. The van der Waals surface area contributed by atoms with Gasteiger partial charge in [0.1, 0.15) is 17.3 Å². The van der Waals surface area contributed by atoms with Gasteiger partial charge in [-0.15, -0.1) is 0 Å². The molecule has 0 unspecified atom stereocenters. The average molecular weight is 435 g/mol. The summed E-state index contributed by atoms with van der Waals surface area (Å²) >= 11 is 0. The molecule has 30 heavy (non-hydrogen) atoms. The van der Waals surface area contributed by atoms with E-state index in [1.807, 2.05) is 0 Å². The number of nitro groups is 1. The van der Waals surface area contributed by atoms with E-state index >= 15 is 0 Å². The van der Waals surface area contributed by atoms with Crippen molar-refractivity contribution < 1.29 is 28.0 Å². The molecule has 10 nitrogen and oxygen atoms in total. The number of ether oxygens (including phenoxy) is 1. The van der Waals surface area contributed by atoms with E-state index in [0.717, 1.165) is 0 Å². The normalized spacial score (nSPS) is 15.7. The molecule has 0 aromatic heterocycles. The van der Waals surface area contributed by atoms with Crippen LogP contribution in [-0.2, 0) is 16.6 Å². The van der Waals surface area contributed by atoms with E-state index in [4.69, 9.17) is 4.74 Å². The Labute approximate surface area is 173 Å². The van der Waals surface area contributed by atoms with Gasteiger partial charge in [0.2, 0.25) is 0 Å². The average Bonchev–Trinajstić information content (AvgIpc) is 2.68. The highest BCUT2D eigenvalue weighted by Gasteiger charge is 2.40. The zero-order valence-corrected chi connectivity index (χ0v) is 17.4. The van der Waals surface area contributed by atoms with Gasteiger partial charge in [-0.1, -0.05) is 12.1 Å². The van der Waals surface area contributed by atoms with Crippen LogP contribution in [0.1, 0.15) is 19.4 Å². The number of sulfonamides is 1. The molecule has 2 aromatic carbocycles. The Morgan fingerprint density at radius 3 is 2.37 bits per heavy atom. The Balaban J connectivity index is 1.91. The van der Waals surface area contributed by atoms with Crippen molar-refractivity contribution in [2.45, 2.75) is 30.9 Å². The summed E-state index contributed by atoms with van der Waals surface area (Å²) in [5.41, 5.74) is -0.619. The van der Waals surface area contributed by atoms with Crippen LogP contribution in [0.4, 0.5) is 16.2 Å². The summed E-state index contributed by atoms with van der Waals surface area (Å²) in [7, 11) is -2.70. The third-order valence-corrected chi connectivity index (χ3v) is 6.19. The van der Waals surface area contributed by atoms with Crippen LogP contribution >= 0.6 is 0 Å². The van der Waals surface area contributed by atoms with Crippen molar-refractivity contribution in [1.82, 2.24) is 4.31 Å². The van der Waals surface area contributed by atoms with Gasteiger partial charge < -0.3 is 9.84 Å². The first-order valence-electron chi connectivity index (χ1n) is 8.93. The summed E-state index contributed by atoms with van der Waals surface area (Å²) in [6, 6.07) is 8.78. The van der Waals surface area contributed by atoms with Gasteiger partial charge in [0, 0.05) is 25.2 Å². The zero-order valence-electron chi connectivity index (χ0n) is 16.6. The summed E-state index contributed by atoms with van der Waals surface area (Å²) in [6.45, 7) is 2.87. The highest BCUT2D eigenvalue weighted by Crippen LogP contribution is 2.37. The Morgan fingerprint density at radius 2 is 1.80 bits per heavy atom. The SMILES string of the molecule is CN1C(=O)N(Cc2ccc([N+](=O)[O-])cc2)S(=O)(=O)c2ccc(OCC(C)(C)O)cc21. The molecule has 0 spiro atoms. The first-order chi connectivity index (χ1) is 13.9. The summed E-state index contributed by atoms with van der Waals surface area (Å²) in [6.07, 6.45) is 0. The minimum absolute atomic E-state index is 0.0114. The largest absolute Gasteiger partial charge is 0.491 e. The van der Waals surface area contributed by atoms with Crippen LogP contribution in [-0.4, -0.2) is 48.0 Å². The number of carbonyl (C=O) groups is 1. The molecule has 0 fully saturated rings. The van der Waals surface area contributed by atoms with Crippen molar-refractivity contribution in [2.24, 2.45) is 0 Å². The fourth-order valence-electron chi connectivity index (χ4n) is 2.86. The molecule has 0 bridgehead atoms. The summed E-state index contributed by atoms with van der Waals surface area (Å²) < 4.78 is 32.3. The van der Waals surface area contributed by atoms with Crippen LogP contribution in [0.5, 0.6) is 5.75 Å². The number of nitrogens with zero attached hydrogens (tertiary/aromatic N) is 3. The number of anilines is 1. The number of rotatable bonds is 6. The van der Waals surface area contributed by atoms with Crippen molar-refractivity contribution >= 4 is 27.4 Å². The number of urea groups is 1. The van der Waals surface area contributed by atoms with E-state index < -0.39 is 26.6 Å². The Hall–Kier alpha value is -3.18. The predicted octanol–water partition coefficient (Wildman–Crippen LogP) is 2.51. The fourth-order valence-corrected chi connectivity index (χ4v) is 4.45.